The Balaban J connectivity index is 2.54. The summed E-state index contributed by atoms with van der Waals surface area (Å²) in [6.45, 7) is 1.78. The number of H-pyrrole nitrogens is 1. The number of halogens is 2. The second kappa shape index (κ2) is 4.94. The van der Waals surface area contributed by atoms with Crippen LogP contribution in [-0.2, 0) is 4.79 Å². The Hall–Kier alpha value is -1.62. The predicted molar refractivity (Wildman–Crippen MR) is 71.9 cm³/mol. The molecular weight excluding hydrogens is 301 g/mol. The van der Waals surface area contributed by atoms with E-state index in [1.165, 1.54) is 12.1 Å². The van der Waals surface area contributed by atoms with E-state index in [2.05, 4.69) is 20.9 Å². The molecule has 94 valence electrons. The zero-order valence-corrected chi connectivity index (χ0v) is 11.2. The van der Waals surface area contributed by atoms with E-state index in [0.29, 0.717) is 27.7 Å². The number of hydrogen-bond donors (Lipinski definition) is 2. The first-order valence-electron chi connectivity index (χ1n) is 5.43. The maximum absolute atomic E-state index is 13.2. The predicted octanol–water partition coefficient (Wildman–Crippen LogP) is 3.95. The number of hydrogen-bond acceptors (Lipinski definition) is 1. The molecule has 3 nitrogen and oxygen atoms in total. The molecule has 0 aliphatic carbocycles. The number of aromatic amines is 1. The zero-order valence-electron chi connectivity index (χ0n) is 9.63. The summed E-state index contributed by atoms with van der Waals surface area (Å²) < 4.78 is 13.8. The van der Waals surface area contributed by atoms with Gasteiger partial charge in [0.1, 0.15) is 5.82 Å². The summed E-state index contributed by atoms with van der Waals surface area (Å²) in [6, 6.07) is 4.54. The lowest BCUT2D eigenvalue weighted by Gasteiger charge is -1.95. The van der Waals surface area contributed by atoms with Crippen LogP contribution in [0.2, 0.25) is 0 Å². The SMILES string of the molecule is CCC(=Cc1cc2c(Br)cc(F)cc2[nH]1)C(=O)O. The summed E-state index contributed by atoms with van der Waals surface area (Å²) in [6.07, 6.45) is 1.99. The van der Waals surface area contributed by atoms with Crippen LogP contribution in [0, 0.1) is 5.82 Å². The third-order valence-electron chi connectivity index (χ3n) is 2.66. The molecule has 0 saturated carbocycles. The van der Waals surface area contributed by atoms with Crippen LogP contribution in [0.4, 0.5) is 4.39 Å². The molecule has 2 aromatic rings. The second-order valence-electron chi connectivity index (χ2n) is 3.90. The molecule has 0 amide bonds. The first-order valence-corrected chi connectivity index (χ1v) is 6.22. The number of fused-ring (bicyclic) bond motifs is 1. The molecule has 1 heterocycles. The topological polar surface area (TPSA) is 53.1 Å². The monoisotopic (exact) mass is 311 g/mol. The maximum atomic E-state index is 13.2. The highest BCUT2D eigenvalue weighted by Gasteiger charge is 2.08. The Labute approximate surface area is 111 Å². The number of carbonyl (C=O) groups is 1. The molecule has 0 radical (unpaired) electrons. The third-order valence-corrected chi connectivity index (χ3v) is 3.31. The van der Waals surface area contributed by atoms with E-state index < -0.39 is 5.97 Å². The molecule has 0 spiro atoms. The van der Waals surface area contributed by atoms with Crippen LogP contribution in [0.25, 0.3) is 17.0 Å². The molecule has 18 heavy (non-hydrogen) atoms. The number of carboxylic acid groups (broad SMARTS) is 1. The van der Waals surface area contributed by atoms with E-state index >= 15 is 0 Å². The highest BCUT2D eigenvalue weighted by molar-refractivity contribution is 9.10. The van der Waals surface area contributed by atoms with Gasteiger partial charge in [0.25, 0.3) is 0 Å². The van der Waals surface area contributed by atoms with E-state index in [-0.39, 0.29) is 5.82 Å². The molecule has 5 heteroatoms. The van der Waals surface area contributed by atoms with Crippen molar-refractivity contribution in [3.05, 3.63) is 39.8 Å². The highest BCUT2D eigenvalue weighted by Crippen LogP contribution is 2.27. The number of rotatable bonds is 3. The third kappa shape index (κ3) is 2.46. The second-order valence-corrected chi connectivity index (χ2v) is 4.76. The lowest BCUT2D eigenvalue weighted by atomic mass is 10.1. The number of aliphatic carboxylic acids is 1. The van der Waals surface area contributed by atoms with Gasteiger partial charge in [0, 0.05) is 26.6 Å². The molecule has 0 bridgehead atoms. The summed E-state index contributed by atoms with van der Waals surface area (Å²) in [5, 5.41) is 9.78. The van der Waals surface area contributed by atoms with Crippen LogP contribution in [-0.4, -0.2) is 16.1 Å². The molecule has 0 atom stereocenters. The Morgan fingerprint density at radius 2 is 2.22 bits per heavy atom. The molecule has 0 unspecified atom stereocenters. The summed E-state index contributed by atoms with van der Waals surface area (Å²) in [7, 11) is 0. The fourth-order valence-electron chi connectivity index (χ4n) is 1.76. The molecule has 0 saturated heterocycles. The van der Waals surface area contributed by atoms with Crippen LogP contribution in [0.3, 0.4) is 0 Å². The van der Waals surface area contributed by atoms with Gasteiger partial charge < -0.3 is 10.1 Å². The normalized spacial score (nSPS) is 12.1. The van der Waals surface area contributed by atoms with Crippen molar-refractivity contribution in [2.24, 2.45) is 0 Å². The molecule has 0 fully saturated rings. The van der Waals surface area contributed by atoms with Crippen molar-refractivity contribution < 1.29 is 14.3 Å². The van der Waals surface area contributed by atoms with Crippen LogP contribution < -0.4 is 0 Å². The number of benzene rings is 1. The highest BCUT2D eigenvalue weighted by atomic mass is 79.9. The first-order chi connectivity index (χ1) is 8.51. The number of carboxylic acids is 1. The number of aromatic nitrogens is 1. The van der Waals surface area contributed by atoms with Crippen LogP contribution in [0.1, 0.15) is 19.0 Å². The van der Waals surface area contributed by atoms with Gasteiger partial charge in [0.2, 0.25) is 0 Å². The largest absolute Gasteiger partial charge is 0.478 e. The molecular formula is C13H11BrFNO2. The Kier molecular flexibility index (Phi) is 3.52. The average Bonchev–Trinajstić information content (AvgIpc) is 2.68. The van der Waals surface area contributed by atoms with Gasteiger partial charge in [-0.2, -0.15) is 0 Å². The van der Waals surface area contributed by atoms with E-state index in [1.54, 1.807) is 19.1 Å². The zero-order chi connectivity index (χ0) is 13.3. The van der Waals surface area contributed by atoms with E-state index in [0.717, 1.165) is 5.39 Å². The molecule has 2 rings (SSSR count). The minimum absolute atomic E-state index is 0.304. The summed E-state index contributed by atoms with van der Waals surface area (Å²) >= 11 is 3.28. The summed E-state index contributed by atoms with van der Waals surface area (Å²) in [4.78, 5) is 13.9. The van der Waals surface area contributed by atoms with Gasteiger partial charge in [-0.05, 0) is 46.6 Å². The van der Waals surface area contributed by atoms with Gasteiger partial charge in [0.05, 0.1) is 0 Å². The Bertz CT molecular complexity index is 646. The number of nitrogens with one attached hydrogen (secondary N) is 1. The first kappa shape index (κ1) is 12.8. The van der Waals surface area contributed by atoms with Crippen molar-refractivity contribution >= 4 is 38.9 Å². The van der Waals surface area contributed by atoms with Gasteiger partial charge in [-0.3, -0.25) is 0 Å². The van der Waals surface area contributed by atoms with Gasteiger partial charge >= 0.3 is 5.97 Å². The molecule has 0 aliphatic rings. The molecule has 1 aromatic carbocycles. The average molecular weight is 312 g/mol. The van der Waals surface area contributed by atoms with Crippen molar-refractivity contribution in [3.63, 3.8) is 0 Å². The lowest BCUT2D eigenvalue weighted by Crippen LogP contribution is -1.98. The van der Waals surface area contributed by atoms with Crippen molar-refractivity contribution in [2.45, 2.75) is 13.3 Å². The Morgan fingerprint density at radius 1 is 1.50 bits per heavy atom. The van der Waals surface area contributed by atoms with Gasteiger partial charge in [-0.25, -0.2) is 9.18 Å². The van der Waals surface area contributed by atoms with Crippen molar-refractivity contribution in [1.29, 1.82) is 0 Å². The van der Waals surface area contributed by atoms with Crippen molar-refractivity contribution in [3.8, 4) is 0 Å². The maximum Gasteiger partial charge on any atom is 0.331 e. The van der Waals surface area contributed by atoms with Gasteiger partial charge in [0.15, 0.2) is 0 Å². The van der Waals surface area contributed by atoms with E-state index in [1.807, 2.05) is 0 Å². The fraction of sp³-hybridized carbons (Fsp3) is 0.154. The minimum atomic E-state index is -0.943. The summed E-state index contributed by atoms with van der Waals surface area (Å²) in [5.74, 6) is -1.29. The fourth-order valence-corrected chi connectivity index (χ4v) is 2.31. The van der Waals surface area contributed by atoms with Gasteiger partial charge in [-0.1, -0.05) is 6.92 Å². The minimum Gasteiger partial charge on any atom is -0.478 e. The van der Waals surface area contributed by atoms with E-state index in [4.69, 9.17) is 5.11 Å². The molecule has 2 N–H and O–H groups in total. The molecule has 0 aliphatic heterocycles. The smallest absolute Gasteiger partial charge is 0.331 e. The standard InChI is InChI=1S/C13H11BrFNO2/c1-2-7(13(17)18)3-9-6-10-11(14)4-8(15)5-12(10)16-9/h3-6,16H,2H2,1H3,(H,17,18). The van der Waals surface area contributed by atoms with Crippen molar-refractivity contribution in [1.82, 2.24) is 4.98 Å². The van der Waals surface area contributed by atoms with E-state index in [9.17, 15) is 9.18 Å². The lowest BCUT2D eigenvalue weighted by molar-refractivity contribution is -0.132. The Morgan fingerprint density at radius 3 is 2.83 bits per heavy atom. The van der Waals surface area contributed by atoms with Crippen LogP contribution >= 0.6 is 15.9 Å². The van der Waals surface area contributed by atoms with Crippen LogP contribution in [0.5, 0.6) is 0 Å². The summed E-state index contributed by atoms with van der Waals surface area (Å²) in [5.41, 5.74) is 1.59. The quantitative estimate of drug-likeness (QED) is 0.843. The molecule has 1 aromatic heterocycles. The van der Waals surface area contributed by atoms with Crippen LogP contribution in [0.15, 0.2) is 28.2 Å². The van der Waals surface area contributed by atoms with Crippen molar-refractivity contribution in [2.75, 3.05) is 0 Å². The van der Waals surface area contributed by atoms with Gasteiger partial charge in [-0.15, -0.1) is 0 Å².